The zero-order valence-corrected chi connectivity index (χ0v) is 4.00. The molecule has 6 heavy (non-hydrogen) atoms. The van der Waals surface area contributed by atoms with Gasteiger partial charge in [0.1, 0.15) is 0 Å². The van der Waals surface area contributed by atoms with Crippen LogP contribution < -0.4 is 0 Å². The van der Waals surface area contributed by atoms with Gasteiger partial charge in [0.25, 0.3) is 0 Å². The molecule has 32 valence electrons. The molecule has 0 spiro atoms. The van der Waals surface area contributed by atoms with E-state index in [-0.39, 0.29) is 12.1 Å². The van der Waals surface area contributed by atoms with Crippen LogP contribution in [0.15, 0.2) is 12.1 Å². The highest BCUT2D eigenvalue weighted by molar-refractivity contribution is 5.12. The normalized spacial score (nSPS) is 15.7. The second-order valence-electron chi connectivity index (χ2n) is 0.750. The van der Waals surface area contributed by atoms with Crippen molar-refractivity contribution in [3.63, 3.8) is 0 Å². The molecule has 0 aromatic carbocycles. The molecule has 0 saturated carbocycles. The summed E-state index contributed by atoms with van der Waals surface area (Å²) in [6.45, 7) is 3.20. The average Bonchev–Trinajstić information content (AvgIpc) is 1.67. The first-order chi connectivity index (χ1) is 3.68. The fraction of sp³-hybridized carbons (Fsp3) is 0.333. The minimum absolute atomic E-state index is 0.104. The van der Waals surface area contributed by atoms with E-state index in [4.69, 9.17) is 2.74 Å². The van der Waals surface area contributed by atoms with Gasteiger partial charge < -0.3 is 0 Å². The summed E-state index contributed by atoms with van der Waals surface area (Å²) in [6.07, 6.45) is 0. The zero-order chi connectivity index (χ0) is 6.57. The van der Waals surface area contributed by atoms with Crippen molar-refractivity contribution in [3.05, 3.63) is 12.1 Å². The lowest BCUT2D eigenvalue weighted by molar-refractivity contribution is 1.75. The Balaban J connectivity index is 4.16. The molecule has 0 unspecified atom stereocenters. The molecule has 0 aliphatic rings. The maximum atomic E-state index is 6.95. The third-order valence-corrected chi connectivity index (χ3v) is 0.312. The van der Waals surface area contributed by atoms with Crippen molar-refractivity contribution >= 4 is 0 Å². The van der Waals surface area contributed by atoms with Crippen LogP contribution in [-0.4, -0.2) is 0 Å². The minimum atomic E-state index is 0.104. The zero-order valence-electron chi connectivity index (χ0n) is 6.00. The summed E-state index contributed by atoms with van der Waals surface area (Å²) in [4.78, 5) is 0. The van der Waals surface area contributed by atoms with E-state index in [0.717, 1.165) is 0 Å². The third kappa shape index (κ3) is 3.30. The molecule has 0 fully saturated rings. The Morgan fingerprint density at radius 3 is 2.67 bits per heavy atom. The first kappa shape index (κ1) is 2.47. The first-order valence-corrected chi connectivity index (χ1v) is 1.75. The number of allylic oxidation sites excluding steroid dienone is 2. The Morgan fingerprint density at radius 2 is 2.50 bits per heavy atom. The van der Waals surface area contributed by atoms with Crippen LogP contribution >= 0.6 is 0 Å². The smallest absolute Gasteiger partial charge is 0.0717 e. The Kier molecular flexibility index (Phi) is 1.77. The van der Waals surface area contributed by atoms with Gasteiger partial charge in [-0.2, -0.15) is 0 Å². The van der Waals surface area contributed by atoms with Crippen molar-refractivity contribution < 1.29 is 2.74 Å². The maximum absolute atomic E-state index is 6.95. The van der Waals surface area contributed by atoms with Crippen LogP contribution in [0.1, 0.15) is 16.6 Å². The van der Waals surface area contributed by atoms with Gasteiger partial charge in [0.05, 0.1) is 2.74 Å². The summed E-state index contributed by atoms with van der Waals surface area (Å²) in [5.74, 6) is 4.99. The molecule has 0 N–H and O–H groups in total. The van der Waals surface area contributed by atoms with E-state index in [1.807, 2.05) is 0 Å². The van der Waals surface area contributed by atoms with Gasteiger partial charge in [-0.05, 0) is 19.9 Å². The van der Waals surface area contributed by atoms with Crippen molar-refractivity contribution in [1.29, 1.82) is 0 Å². The molecule has 0 aromatic heterocycles. The maximum Gasteiger partial charge on any atom is 0.0717 e. The van der Waals surface area contributed by atoms with Gasteiger partial charge >= 0.3 is 0 Å². The molecular formula is C6H8. The fourth-order valence-corrected chi connectivity index (χ4v) is 0.125. The summed E-state index contributed by atoms with van der Waals surface area (Å²) in [5, 5.41) is 0. The monoisotopic (exact) mass is 82.1 g/mol. The van der Waals surface area contributed by atoms with E-state index in [1.165, 1.54) is 0 Å². The molecule has 0 radical (unpaired) electrons. The van der Waals surface area contributed by atoms with Crippen LogP contribution in [0.4, 0.5) is 0 Å². The van der Waals surface area contributed by atoms with Crippen molar-refractivity contribution in [2.24, 2.45) is 0 Å². The van der Waals surface area contributed by atoms with E-state index < -0.39 is 0 Å². The van der Waals surface area contributed by atoms with E-state index >= 15 is 0 Å². The lowest BCUT2D eigenvalue weighted by Gasteiger charge is -1.56. The molecule has 0 atom stereocenters. The fourth-order valence-electron chi connectivity index (χ4n) is 0.125. The van der Waals surface area contributed by atoms with E-state index in [0.29, 0.717) is 0 Å². The summed E-state index contributed by atoms with van der Waals surface area (Å²) >= 11 is 0. The Hall–Kier alpha value is -0.700. The molecule has 0 saturated heterocycles. The topological polar surface area (TPSA) is 0 Å². The van der Waals surface area contributed by atoms with E-state index in [1.54, 1.807) is 13.8 Å². The van der Waals surface area contributed by atoms with Crippen LogP contribution in [0.25, 0.3) is 0 Å². The Bertz CT molecular complexity index is 153. The van der Waals surface area contributed by atoms with Crippen molar-refractivity contribution in [2.75, 3.05) is 0 Å². The SMILES string of the molecule is [2H]C(C)=C([2H])C#CC. The van der Waals surface area contributed by atoms with E-state index in [9.17, 15) is 0 Å². The van der Waals surface area contributed by atoms with Crippen LogP contribution in [0.3, 0.4) is 0 Å². The molecule has 0 bridgehead atoms. The van der Waals surface area contributed by atoms with E-state index in [2.05, 4.69) is 11.8 Å². The predicted molar refractivity (Wildman–Crippen MR) is 28.3 cm³/mol. The molecule has 0 aliphatic heterocycles. The standard InChI is InChI=1S/C6H8/c1-3-5-6-4-2/h3,5H,1-2H3/i3D,5D. The summed E-state index contributed by atoms with van der Waals surface area (Å²) in [5.41, 5.74) is 0. The second kappa shape index (κ2) is 4.30. The van der Waals surface area contributed by atoms with Gasteiger partial charge in [-0.3, -0.25) is 0 Å². The highest BCUT2D eigenvalue weighted by Gasteiger charge is 1.45. The summed E-state index contributed by atoms with van der Waals surface area (Å²) in [6, 6.07) is 0.326. The molecule has 0 aromatic rings. The predicted octanol–water partition coefficient (Wildman–Crippen LogP) is 1.59. The summed E-state index contributed by atoms with van der Waals surface area (Å²) in [7, 11) is 0. The molecule has 0 amide bonds. The summed E-state index contributed by atoms with van der Waals surface area (Å²) < 4.78 is 13.8. The quantitative estimate of drug-likeness (QED) is 0.389. The largest absolute Gasteiger partial charge is 0.102 e. The van der Waals surface area contributed by atoms with Gasteiger partial charge in [-0.25, -0.2) is 0 Å². The van der Waals surface area contributed by atoms with Gasteiger partial charge in [0.15, 0.2) is 0 Å². The molecular weight excluding hydrogens is 72.1 g/mol. The molecule has 0 aliphatic carbocycles. The minimum Gasteiger partial charge on any atom is -0.102 e. The van der Waals surface area contributed by atoms with Crippen molar-refractivity contribution in [1.82, 2.24) is 0 Å². The molecule has 0 rings (SSSR count). The lowest BCUT2D eigenvalue weighted by Crippen LogP contribution is -1.41. The number of hydrogen-bond acceptors (Lipinski definition) is 0. The Morgan fingerprint density at radius 1 is 1.83 bits per heavy atom. The lowest BCUT2D eigenvalue weighted by atomic mass is 10.5. The average molecular weight is 82.1 g/mol. The number of hydrogen-bond donors (Lipinski definition) is 0. The van der Waals surface area contributed by atoms with Crippen molar-refractivity contribution in [3.8, 4) is 11.8 Å². The third-order valence-electron chi connectivity index (χ3n) is 0.312. The van der Waals surface area contributed by atoms with Crippen LogP contribution in [-0.2, 0) is 0 Å². The second-order valence-corrected chi connectivity index (χ2v) is 0.750. The van der Waals surface area contributed by atoms with Crippen LogP contribution in [0.2, 0.25) is 0 Å². The number of rotatable bonds is 0. The highest BCUT2D eigenvalue weighted by atomic mass is 13.5. The van der Waals surface area contributed by atoms with Gasteiger partial charge in [0.2, 0.25) is 0 Å². The molecule has 0 heteroatoms. The highest BCUT2D eigenvalue weighted by Crippen LogP contribution is 1.61. The van der Waals surface area contributed by atoms with Gasteiger partial charge in [-0.1, -0.05) is 12.0 Å². The van der Waals surface area contributed by atoms with Crippen LogP contribution in [0, 0.1) is 11.8 Å². The molecule has 0 heterocycles. The molecule has 0 nitrogen and oxygen atoms in total. The van der Waals surface area contributed by atoms with Gasteiger partial charge in [-0.15, -0.1) is 5.92 Å². The van der Waals surface area contributed by atoms with Crippen molar-refractivity contribution in [2.45, 2.75) is 13.8 Å². The van der Waals surface area contributed by atoms with Gasteiger partial charge in [0, 0.05) is 0 Å². The Labute approximate surface area is 41.7 Å². The van der Waals surface area contributed by atoms with Crippen LogP contribution in [0.5, 0.6) is 0 Å². The first-order valence-electron chi connectivity index (χ1n) is 2.75.